The number of carbonyl (C=O) groups is 1. The van der Waals surface area contributed by atoms with Crippen molar-refractivity contribution >= 4 is 34.0 Å². The van der Waals surface area contributed by atoms with Gasteiger partial charge in [0.05, 0.1) is 5.56 Å². The van der Waals surface area contributed by atoms with Crippen molar-refractivity contribution in [3.8, 4) is 6.07 Å². The van der Waals surface area contributed by atoms with Crippen molar-refractivity contribution in [2.75, 3.05) is 11.1 Å². The van der Waals surface area contributed by atoms with Gasteiger partial charge in [0.1, 0.15) is 11.1 Å². The van der Waals surface area contributed by atoms with Crippen molar-refractivity contribution in [2.24, 2.45) is 0 Å². The molecular formula is C16H16N2OS2. The maximum absolute atomic E-state index is 11.8. The van der Waals surface area contributed by atoms with Crippen LogP contribution in [0.1, 0.15) is 24.0 Å². The predicted molar refractivity (Wildman–Crippen MR) is 89.5 cm³/mol. The molecule has 0 radical (unpaired) electrons. The zero-order valence-corrected chi connectivity index (χ0v) is 13.2. The number of thiophene rings is 1. The van der Waals surface area contributed by atoms with Gasteiger partial charge in [0.25, 0.3) is 0 Å². The van der Waals surface area contributed by atoms with E-state index in [1.165, 1.54) is 16.9 Å². The third kappa shape index (κ3) is 5.25. The van der Waals surface area contributed by atoms with Gasteiger partial charge in [-0.25, -0.2) is 0 Å². The Hall–Kier alpha value is -1.77. The van der Waals surface area contributed by atoms with Crippen LogP contribution in [0.3, 0.4) is 0 Å². The molecule has 0 bridgehead atoms. The van der Waals surface area contributed by atoms with Gasteiger partial charge >= 0.3 is 0 Å². The van der Waals surface area contributed by atoms with E-state index in [2.05, 4.69) is 23.5 Å². The number of rotatable bonds is 7. The van der Waals surface area contributed by atoms with Crippen molar-refractivity contribution in [2.45, 2.75) is 18.6 Å². The van der Waals surface area contributed by atoms with Crippen LogP contribution in [0.5, 0.6) is 0 Å². The van der Waals surface area contributed by atoms with Gasteiger partial charge in [0, 0.05) is 12.2 Å². The number of amides is 1. The Bertz CT molecular complexity index is 617. The monoisotopic (exact) mass is 316 g/mol. The molecule has 0 aliphatic carbocycles. The number of nitrogens with zero attached hydrogens (tertiary/aromatic N) is 1. The number of hydrogen-bond acceptors (Lipinski definition) is 4. The first kappa shape index (κ1) is 15.6. The zero-order valence-electron chi connectivity index (χ0n) is 11.5. The number of anilines is 1. The molecule has 2 aromatic rings. The van der Waals surface area contributed by atoms with Crippen LogP contribution in [0.15, 0.2) is 41.8 Å². The van der Waals surface area contributed by atoms with Crippen molar-refractivity contribution in [1.82, 2.24) is 0 Å². The predicted octanol–water partition coefficient (Wildman–Crippen LogP) is 4.27. The Kier molecular flexibility index (Phi) is 6.32. The molecule has 1 heterocycles. The number of nitrogens with one attached hydrogen (secondary N) is 1. The lowest BCUT2D eigenvalue weighted by atomic mass is 10.2. The minimum atomic E-state index is -0.0192. The normalized spacial score (nSPS) is 10.0. The first-order valence-corrected chi connectivity index (χ1v) is 8.72. The molecule has 0 atom stereocenters. The molecule has 3 nitrogen and oxygen atoms in total. The van der Waals surface area contributed by atoms with Crippen LogP contribution in [0.4, 0.5) is 5.00 Å². The highest BCUT2D eigenvalue weighted by Crippen LogP contribution is 2.22. The highest BCUT2D eigenvalue weighted by molar-refractivity contribution is 7.98. The fourth-order valence-corrected chi connectivity index (χ4v) is 3.46. The lowest BCUT2D eigenvalue weighted by molar-refractivity contribution is -0.116. The highest BCUT2D eigenvalue weighted by atomic mass is 32.2. The SMILES string of the molecule is N#Cc1ccsc1NC(=O)CCCSCc1ccccc1. The van der Waals surface area contributed by atoms with E-state index in [4.69, 9.17) is 5.26 Å². The molecule has 1 amide bonds. The van der Waals surface area contributed by atoms with E-state index in [0.717, 1.165) is 17.9 Å². The fourth-order valence-electron chi connectivity index (χ4n) is 1.78. The van der Waals surface area contributed by atoms with Gasteiger partial charge in [-0.05, 0) is 29.2 Å². The van der Waals surface area contributed by atoms with Crippen LogP contribution in [-0.2, 0) is 10.5 Å². The Labute approximate surface area is 133 Å². The first-order chi connectivity index (χ1) is 10.3. The van der Waals surface area contributed by atoms with E-state index in [1.54, 1.807) is 6.07 Å². The summed E-state index contributed by atoms with van der Waals surface area (Å²) in [4.78, 5) is 11.8. The van der Waals surface area contributed by atoms with Crippen molar-refractivity contribution in [3.05, 3.63) is 52.9 Å². The standard InChI is InChI=1S/C16H16N2OS2/c17-11-14-8-10-21-16(14)18-15(19)7-4-9-20-12-13-5-2-1-3-6-13/h1-3,5-6,8,10H,4,7,9,12H2,(H,18,19). The summed E-state index contributed by atoms with van der Waals surface area (Å²) in [6, 6.07) is 14.1. The van der Waals surface area contributed by atoms with Gasteiger partial charge in [-0.1, -0.05) is 30.3 Å². The summed E-state index contributed by atoms with van der Waals surface area (Å²) in [7, 11) is 0. The molecule has 0 aliphatic heterocycles. The minimum Gasteiger partial charge on any atom is -0.317 e. The van der Waals surface area contributed by atoms with Crippen LogP contribution in [-0.4, -0.2) is 11.7 Å². The van der Waals surface area contributed by atoms with E-state index in [1.807, 2.05) is 35.3 Å². The molecule has 5 heteroatoms. The smallest absolute Gasteiger partial charge is 0.225 e. The molecule has 1 aromatic heterocycles. The van der Waals surface area contributed by atoms with Crippen LogP contribution in [0.2, 0.25) is 0 Å². The van der Waals surface area contributed by atoms with Gasteiger partial charge < -0.3 is 5.32 Å². The van der Waals surface area contributed by atoms with Crippen LogP contribution in [0.25, 0.3) is 0 Å². The van der Waals surface area contributed by atoms with Crippen LogP contribution >= 0.6 is 23.1 Å². The van der Waals surface area contributed by atoms with Gasteiger partial charge in [-0.15, -0.1) is 11.3 Å². The maximum atomic E-state index is 11.8. The summed E-state index contributed by atoms with van der Waals surface area (Å²) >= 11 is 3.22. The summed E-state index contributed by atoms with van der Waals surface area (Å²) in [6.07, 6.45) is 1.33. The highest BCUT2D eigenvalue weighted by Gasteiger charge is 2.07. The van der Waals surface area contributed by atoms with Crippen molar-refractivity contribution in [3.63, 3.8) is 0 Å². The zero-order chi connectivity index (χ0) is 14.9. The molecule has 0 spiro atoms. The molecule has 1 aromatic carbocycles. The Balaban J connectivity index is 1.63. The second-order valence-corrected chi connectivity index (χ2v) is 6.49. The van der Waals surface area contributed by atoms with E-state index in [9.17, 15) is 4.79 Å². The average molecular weight is 316 g/mol. The van der Waals surface area contributed by atoms with E-state index >= 15 is 0 Å². The van der Waals surface area contributed by atoms with E-state index in [-0.39, 0.29) is 5.91 Å². The van der Waals surface area contributed by atoms with Crippen LogP contribution < -0.4 is 5.32 Å². The minimum absolute atomic E-state index is 0.0192. The van der Waals surface area contributed by atoms with Gasteiger partial charge in [0.2, 0.25) is 5.91 Å². The number of benzene rings is 1. The number of hydrogen-bond donors (Lipinski definition) is 1. The quantitative estimate of drug-likeness (QED) is 0.776. The van der Waals surface area contributed by atoms with Crippen molar-refractivity contribution in [1.29, 1.82) is 5.26 Å². The molecule has 2 rings (SSSR count). The van der Waals surface area contributed by atoms with Crippen LogP contribution in [0, 0.1) is 11.3 Å². The molecule has 21 heavy (non-hydrogen) atoms. The molecule has 0 unspecified atom stereocenters. The second-order valence-electron chi connectivity index (χ2n) is 4.47. The third-order valence-corrected chi connectivity index (χ3v) is 4.79. The molecule has 0 saturated carbocycles. The number of nitriles is 1. The Morgan fingerprint density at radius 2 is 2.10 bits per heavy atom. The number of thioether (sulfide) groups is 1. The first-order valence-electron chi connectivity index (χ1n) is 6.68. The molecule has 108 valence electrons. The second kappa shape index (κ2) is 8.50. The Morgan fingerprint density at radius 1 is 1.29 bits per heavy atom. The van der Waals surface area contributed by atoms with E-state index < -0.39 is 0 Å². The van der Waals surface area contributed by atoms with Gasteiger partial charge in [-0.3, -0.25) is 4.79 Å². The summed E-state index contributed by atoms with van der Waals surface area (Å²) in [5.74, 6) is 1.92. The molecule has 0 saturated heterocycles. The summed E-state index contributed by atoms with van der Waals surface area (Å²) < 4.78 is 0. The lowest BCUT2D eigenvalue weighted by Gasteiger charge is -2.04. The fraction of sp³-hybridized carbons (Fsp3) is 0.250. The van der Waals surface area contributed by atoms with Gasteiger partial charge in [-0.2, -0.15) is 17.0 Å². The topological polar surface area (TPSA) is 52.9 Å². The lowest BCUT2D eigenvalue weighted by Crippen LogP contribution is -2.11. The number of carbonyl (C=O) groups excluding carboxylic acids is 1. The summed E-state index contributed by atoms with van der Waals surface area (Å²) in [5, 5.41) is 14.1. The molecule has 0 fully saturated rings. The largest absolute Gasteiger partial charge is 0.317 e. The molecule has 0 aliphatic rings. The summed E-state index contributed by atoms with van der Waals surface area (Å²) in [5.41, 5.74) is 1.84. The van der Waals surface area contributed by atoms with Gasteiger partial charge in [0.15, 0.2) is 0 Å². The molecule has 1 N–H and O–H groups in total. The Morgan fingerprint density at radius 3 is 2.86 bits per heavy atom. The maximum Gasteiger partial charge on any atom is 0.225 e. The third-order valence-electron chi connectivity index (χ3n) is 2.84. The van der Waals surface area contributed by atoms with E-state index in [0.29, 0.717) is 17.0 Å². The summed E-state index contributed by atoms with van der Waals surface area (Å²) in [6.45, 7) is 0. The molecular weight excluding hydrogens is 300 g/mol. The average Bonchev–Trinajstić information content (AvgIpc) is 2.95. The van der Waals surface area contributed by atoms with Crippen molar-refractivity contribution < 1.29 is 4.79 Å².